The molecule has 0 spiro atoms. The van der Waals surface area contributed by atoms with Crippen molar-refractivity contribution in [2.45, 2.75) is 19.4 Å². The van der Waals surface area contributed by atoms with E-state index in [0.29, 0.717) is 23.5 Å². The Kier molecular flexibility index (Phi) is 4.17. The van der Waals surface area contributed by atoms with Crippen molar-refractivity contribution >= 4 is 0 Å². The third kappa shape index (κ3) is 3.12. The minimum Gasteiger partial charge on any atom is -0.456 e. The Morgan fingerprint density at radius 2 is 1.84 bits per heavy atom. The van der Waals surface area contributed by atoms with Crippen LogP contribution in [0.2, 0.25) is 0 Å². The van der Waals surface area contributed by atoms with Gasteiger partial charge in [0.25, 0.3) is 0 Å². The fraction of sp³-hybridized carbons (Fsp3) is 0.188. The highest BCUT2D eigenvalue weighted by atomic mass is 16.5. The summed E-state index contributed by atoms with van der Waals surface area (Å²) in [4.78, 5) is 0. The lowest BCUT2D eigenvalue weighted by Gasteiger charge is -2.10. The summed E-state index contributed by atoms with van der Waals surface area (Å²) >= 11 is 0. The minimum atomic E-state index is -0.444. The molecule has 19 heavy (non-hydrogen) atoms. The highest BCUT2D eigenvalue weighted by Gasteiger charge is 2.06. The zero-order valence-corrected chi connectivity index (χ0v) is 10.7. The molecular weight excluding hydrogens is 238 g/mol. The monoisotopic (exact) mass is 253 g/mol. The Morgan fingerprint density at radius 1 is 1.16 bits per heavy atom. The lowest BCUT2D eigenvalue weighted by Crippen LogP contribution is -1.95. The Bertz CT molecular complexity index is 584. The van der Waals surface area contributed by atoms with Crippen molar-refractivity contribution in [1.29, 1.82) is 5.26 Å². The van der Waals surface area contributed by atoms with Crippen molar-refractivity contribution in [2.75, 3.05) is 0 Å². The van der Waals surface area contributed by atoms with Crippen LogP contribution in [0.4, 0.5) is 0 Å². The first kappa shape index (κ1) is 13.1. The van der Waals surface area contributed by atoms with Crippen LogP contribution in [-0.4, -0.2) is 5.11 Å². The molecule has 0 saturated heterocycles. The summed E-state index contributed by atoms with van der Waals surface area (Å²) in [6.07, 6.45) is 0.234. The van der Waals surface area contributed by atoms with Crippen molar-refractivity contribution in [3.63, 3.8) is 0 Å². The lowest BCUT2D eigenvalue weighted by molar-refractivity contribution is 0.173. The van der Waals surface area contributed by atoms with Gasteiger partial charge in [0.1, 0.15) is 17.6 Å². The molecule has 2 rings (SSSR count). The van der Waals surface area contributed by atoms with E-state index >= 15 is 0 Å². The van der Waals surface area contributed by atoms with E-state index in [-0.39, 0.29) is 0 Å². The van der Waals surface area contributed by atoms with E-state index in [1.165, 1.54) is 0 Å². The van der Waals surface area contributed by atoms with E-state index in [4.69, 9.17) is 10.00 Å². The highest BCUT2D eigenvalue weighted by Crippen LogP contribution is 2.26. The molecule has 1 N–H and O–H groups in total. The molecule has 0 aliphatic rings. The molecule has 1 unspecified atom stereocenters. The maximum atomic E-state index is 9.71. The molecule has 0 radical (unpaired) electrons. The van der Waals surface area contributed by atoms with Crippen LogP contribution >= 0.6 is 0 Å². The van der Waals surface area contributed by atoms with Crippen LogP contribution in [0.25, 0.3) is 0 Å². The van der Waals surface area contributed by atoms with Gasteiger partial charge in [-0.2, -0.15) is 5.26 Å². The van der Waals surface area contributed by atoms with E-state index in [1.54, 1.807) is 30.3 Å². The van der Waals surface area contributed by atoms with E-state index in [2.05, 4.69) is 6.07 Å². The van der Waals surface area contributed by atoms with Gasteiger partial charge in [0.2, 0.25) is 0 Å². The number of nitrogens with zero attached hydrogens (tertiary/aromatic N) is 1. The highest BCUT2D eigenvalue weighted by molar-refractivity contribution is 5.45. The molecule has 96 valence electrons. The van der Waals surface area contributed by atoms with Gasteiger partial charge < -0.3 is 9.84 Å². The average Bonchev–Trinajstić information content (AvgIpc) is 2.48. The second-order valence-corrected chi connectivity index (χ2v) is 4.20. The summed E-state index contributed by atoms with van der Waals surface area (Å²) < 4.78 is 5.66. The van der Waals surface area contributed by atoms with Crippen molar-refractivity contribution in [2.24, 2.45) is 0 Å². The largest absolute Gasteiger partial charge is 0.456 e. The van der Waals surface area contributed by atoms with E-state index in [0.717, 1.165) is 5.56 Å². The normalized spacial score (nSPS) is 11.6. The molecule has 2 aromatic rings. The molecule has 0 bridgehead atoms. The first-order chi connectivity index (χ1) is 9.24. The number of hydrogen-bond acceptors (Lipinski definition) is 3. The first-order valence-electron chi connectivity index (χ1n) is 6.19. The Balaban J connectivity index is 2.18. The van der Waals surface area contributed by atoms with Gasteiger partial charge in [0.05, 0.1) is 11.7 Å². The standard InChI is InChI=1S/C16H15NO2/c1-2-15(18)12-7-9-14(10-8-12)19-16-6-4-3-5-13(16)11-17/h3-10,15,18H,2H2,1H3. The fourth-order valence-electron chi connectivity index (χ4n) is 1.77. The molecule has 0 aliphatic carbocycles. The molecule has 0 aliphatic heterocycles. The second kappa shape index (κ2) is 6.03. The van der Waals surface area contributed by atoms with Gasteiger partial charge in [-0.3, -0.25) is 0 Å². The first-order valence-corrected chi connectivity index (χ1v) is 6.19. The molecule has 2 aromatic carbocycles. The third-order valence-corrected chi connectivity index (χ3v) is 2.89. The zero-order valence-electron chi connectivity index (χ0n) is 10.7. The van der Waals surface area contributed by atoms with Gasteiger partial charge in [-0.1, -0.05) is 31.2 Å². The van der Waals surface area contributed by atoms with Crippen LogP contribution in [-0.2, 0) is 0 Å². The van der Waals surface area contributed by atoms with Gasteiger partial charge in [0, 0.05) is 0 Å². The number of ether oxygens (including phenoxy) is 1. The Hall–Kier alpha value is -2.31. The molecule has 3 nitrogen and oxygen atoms in total. The van der Waals surface area contributed by atoms with Gasteiger partial charge in [-0.25, -0.2) is 0 Å². The third-order valence-electron chi connectivity index (χ3n) is 2.89. The summed E-state index contributed by atoms with van der Waals surface area (Å²) in [6.45, 7) is 1.93. The molecule has 0 saturated carbocycles. The van der Waals surface area contributed by atoms with E-state index in [1.807, 2.05) is 25.1 Å². The molecule has 1 atom stereocenters. The number of aliphatic hydroxyl groups is 1. The van der Waals surface area contributed by atoms with Crippen LogP contribution < -0.4 is 4.74 Å². The van der Waals surface area contributed by atoms with Gasteiger partial charge in [-0.15, -0.1) is 0 Å². The zero-order chi connectivity index (χ0) is 13.7. The smallest absolute Gasteiger partial charge is 0.145 e. The molecule has 3 heteroatoms. The summed E-state index contributed by atoms with van der Waals surface area (Å²) in [5.74, 6) is 1.18. The summed E-state index contributed by atoms with van der Waals surface area (Å²) in [7, 11) is 0. The number of rotatable bonds is 4. The Labute approximate surface area is 112 Å². The van der Waals surface area contributed by atoms with Gasteiger partial charge in [-0.05, 0) is 36.2 Å². The lowest BCUT2D eigenvalue weighted by atomic mass is 10.1. The summed E-state index contributed by atoms with van der Waals surface area (Å²) in [5.41, 5.74) is 1.36. The topological polar surface area (TPSA) is 53.2 Å². The van der Waals surface area contributed by atoms with Crippen molar-refractivity contribution in [3.05, 3.63) is 59.7 Å². The molecule has 0 fully saturated rings. The predicted octanol–water partition coefficient (Wildman–Crippen LogP) is 3.79. The SMILES string of the molecule is CCC(O)c1ccc(Oc2ccccc2C#N)cc1. The number of hydrogen-bond donors (Lipinski definition) is 1. The van der Waals surface area contributed by atoms with Crippen molar-refractivity contribution in [3.8, 4) is 17.6 Å². The van der Waals surface area contributed by atoms with Crippen LogP contribution in [0.15, 0.2) is 48.5 Å². The number of benzene rings is 2. The molecule has 0 aromatic heterocycles. The fourth-order valence-corrected chi connectivity index (χ4v) is 1.77. The second-order valence-electron chi connectivity index (χ2n) is 4.20. The number of aliphatic hydroxyl groups excluding tert-OH is 1. The number of nitriles is 1. The Morgan fingerprint density at radius 3 is 2.47 bits per heavy atom. The van der Waals surface area contributed by atoms with Crippen LogP contribution in [0.5, 0.6) is 11.5 Å². The maximum absolute atomic E-state index is 9.71. The number of para-hydroxylation sites is 1. The molecular formula is C16H15NO2. The summed E-state index contributed by atoms with van der Waals surface area (Å²) in [6, 6.07) is 16.4. The summed E-state index contributed by atoms with van der Waals surface area (Å²) in [5, 5.41) is 18.7. The quantitative estimate of drug-likeness (QED) is 0.901. The van der Waals surface area contributed by atoms with Crippen LogP contribution in [0.3, 0.4) is 0 Å². The maximum Gasteiger partial charge on any atom is 0.145 e. The van der Waals surface area contributed by atoms with Crippen molar-refractivity contribution in [1.82, 2.24) is 0 Å². The van der Waals surface area contributed by atoms with Crippen LogP contribution in [0.1, 0.15) is 30.6 Å². The van der Waals surface area contributed by atoms with E-state index < -0.39 is 6.10 Å². The van der Waals surface area contributed by atoms with Gasteiger partial charge in [0.15, 0.2) is 0 Å². The van der Waals surface area contributed by atoms with Crippen LogP contribution in [0, 0.1) is 11.3 Å². The minimum absolute atomic E-state index is 0.444. The predicted molar refractivity (Wildman–Crippen MR) is 72.9 cm³/mol. The average molecular weight is 253 g/mol. The molecule has 0 amide bonds. The van der Waals surface area contributed by atoms with E-state index in [9.17, 15) is 5.11 Å². The molecule has 0 heterocycles. The van der Waals surface area contributed by atoms with Crippen molar-refractivity contribution < 1.29 is 9.84 Å². The van der Waals surface area contributed by atoms with Gasteiger partial charge >= 0.3 is 0 Å².